The molecular formula is C11H18N2. The first kappa shape index (κ1) is 8.79. The molecule has 0 radical (unpaired) electrons. The predicted octanol–water partition coefficient (Wildman–Crippen LogP) is 2.77. The standard InChI is InChI=1S/C11H18N2/c1-10-12-7-9-13(10)8-3-6-11-4-2-5-11/h7,9,11H,2-6,8H2,1H3. The van der Waals surface area contributed by atoms with Gasteiger partial charge in [0.1, 0.15) is 5.82 Å². The fourth-order valence-electron chi connectivity index (χ4n) is 1.97. The van der Waals surface area contributed by atoms with Gasteiger partial charge in [-0.15, -0.1) is 0 Å². The van der Waals surface area contributed by atoms with Crippen molar-refractivity contribution in [2.75, 3.05) is 0 Å². The zero-order valence-electron chi connectivity index (χ0n) is 8.37. The Kier molecular flexibility index (Phi) is 2.67. The van der Waals surface area contributed by atoms with Crippen molar-refractivity contribution < 1.29 is 0 Å². The summed E-state index contributed by atoms with van der Waals surface area (Å²) in [5.41, 5.74) is 0. The van der Waals surface area contributed by atoms with E-state index in [4.69, 9.17) is 0 Å². The van der Waals surface area contributed by atoms with Gasteiger partial charge in [0, 0.05) is 18.9 Å². The lowest BCUT2D eigenvalue weighted by molar-refractivity contribution is 0.284. The maximum Gasteiger partial charge on any atom is 0.105 e. The summed E-state index contributed by atoms with van der Waals surface area (Å²) in [6.07, 6.45) is 11.1. The molecule has 1 aliphatic carbocycles. The van der Waals surface area contributed by atoms with Crippen LogP contribution in [0.3, 0.4) is 0 Å². The van der Waals surface area contributed by atoms with Gasteiger partial charge in [-0.3, -0.25) is 0 Å². The van der Waals surface area contributed by atoms with Crippen molar-refractivity contribution in [3.05, 3.63) is 18.2 Å². The smallest absolute Gasteiger partial charge is 0.105 e. The second kappa shape index (κ2) is 3.95. The SMILES string of the molecule is Cc1nccn1CCCC1CCC1. The first-order chi connectivity index (χ1) is 6.36. The van der Waals surface area contributed by atoms with Gasteiger partial charge in [0.2, 0.25) is 0 Å². The van der Waals surface area contributed by atoms with Gasteiger partial charge in [-0.1, -0.05) is 19.3 Å². The van der Waals surface area contributed by atoms with E-state index in [9.17, 15) is 0 Å². The van der Waals surface area contributed by atoms with E-state index in [1.165, 1.54) is 32.1 Å². The number of hydrogen-bond acceptors (Lipinski definition) is 1. The summed E-state index contributed by atoms with van der Waals surface area (Å²) < 4.78 is 2.25. The molecule has 1 heterocycles. The van der Waals surface area contributed by atoms with Crippen molar-refractivity contribution in [2.45, 2.75) is 45.6 Å². The first-order valence-corrected chi connectivity index (χ1v) is 5.34. The molecule has 1 aliphatic rings. The summed E-state index contributed by atoms with van der Waals surface area (Å²) >= 11 is 0. The van der Waals surface area contributed by atoms with Gasteiger partial charge >= 0.3 is 0 Å². The molecule has 1 fully saturated rings. The van der Waals surface area contributed by atoms with Gasteiger partial charge in [-0.2, -0.15) is 0 Å². The van der Waals surface area contributed by atoms with Gasteiger partial charge < -0.3 is 4.57 Å². The summed E-state index contributed by atoms with van der Waals surface area (Å²) in [7, 11) is 0. The van der Waals surface area contributed by atoms with Crippen LogP contribution >= 0.6 is 0 Å². The number of hydrogen-bond donors (Lipinski definition) is 0. The van der Waals surface area contributed by atoms with Gasteiger partial charge in [0.05, 0.1) is 0 Å². The highest BCUT2D eigenvalue weighted by atomic mass is 15.0. The minimum Gasteiger partial charge on any atom is -0.335 e. The van der Waals surface area contributed by atoms with Crippen LogP contribution in [0, 0.1) is 12.8 Å². The lowest BCUT2D eigenvalue weighted by Crippen LogP contribution is -2.11. The molecule has 0 bridgehead atoms. The lowest BCUT2D eigenvalue weighted by atomic mass is 9.82. The Morgan fingerprint density at radius 2 is 2.38 bits per heavy atom. The zero-order chi connectivity index (χ0) is 9.10. The Labute approximate surface area is 80.0 Å². The molecule has 1 saturated carbocycles. The van der Waals surface area contributed by atoms with E-state index >= 15 is 0 Å². The molecular weight excluding hydrogens is 160 g/mol. The van der Waals surface area contributed by atoms with Gasteiger partial charge in [0.15, 0.2) is 0 Å². The average molecular weight is 178 g/mol. The molecule has 0 aromatic carbocycles. The van der Waals surface area contributed by atoms with E-state index < -0.39 is 0 Å². The number of aryl methyl sites for hydroxylation is 2. The van der Waals surface area contributed by atoms with E-state index in [0.29, 0.717) is 0 Å². The first-order valence-electron chi connectivity index (χ1n) is 5.34. The minimum atomic E-state index is 1.05. The van der Waals surface area contributed by atoms with Crippen LogP contribution in [0.5, 0.6) is 0 Å². The summed E-state index contributed by atoms with van der Waals surface area (Å²) in [4.78, 5) is 4.21. The monoisotopic (exact) mass is 178 g/mol. The van der Waals surface area contributed by atoms with Crippen LogP contribution in [0.1, 0.15) is 37.9 Å². The van der Waals surface area contributed by atoms with Crippen molar-refractivity contribution in [3.63, 3.8) is 0 Å². The quantitative estimate of drug-likeness (QED) is 0.693. The third-order valence-corrected chi connectivity index (χ3v) is 3.16. The number of aromatic nitrogens is 2. The van der Waals surface area contributed by atoms with E-state index in [2.05, 4.69) is 22.7 Å². The second-order valence-corrected chi connectivity index (χ2v) is 4.11. The Balaban J connectivity index is 1.70. The minimum absolute atomic E-state index is 1.05. The van der Waals surface area contributed by atoms with Crippen LogP contribution in [0.4, 0.5) is 0 Å². The second-order valence-electron chi connectivity index (χ2n) is 4.11. The largest absolute Gasteiger partial charge is 0.335 e. The molecule has 2 heteroatoms. The highest BCUT2D eigenvalue weighted by Gasteiger charge is 2.16. The van der Waals surface area contributed by atoms with Gasteiger partial charge in [0.25, 0.3) is 0 Å². The molecule has 2 nitrogen and oxygen atoms in total. The van der Waals surface area contributed by atoms with E-state index in [0.717, 1.165) is 18.3 Å². The molecule has 0 unspecified atom stereocenters. The zero-order valence-corrected chi connectivity index (χ0v) is 8.37. The highest BCUT2D eigenvalue weighted by Crippen LogP contribution is 2.30. The lowest BCUT2D eigenvalue weighted by Gasteiger charge is -2.25. The van der Waals surface area contributed by atoms with Crippen LogP contribution < -0.4 is 0 Å². The highest BCUT2D eigenvalue weighted by molar-refractivity contribution is 4.88. The van der Waals surface area contributed by atoms with Gasteiger partial charge in [-0.25, -0.2) is 4.98 Å². The summed E-state index contributed by atoms with van der Waals surface area (Å²) in [5, 5.41) is 0. The van der Waals surface area contributed by atoms with Gasteiger partial charge in [-0.05, 0) is 25.7 Å². The Morgan fingerprint density at radius 1 is 1.54 bits per heavy atom. The predicted molar refractivity (Wildman–Crippen MR) is 53.5 cm³/mol. The van der Waals surface area contributed by atoms with Crippen LogP contribution in [0.15, 0.2) is 12.4 Å². The van der Waals surface area contributed by atoms with Crippen molar-refractivity contribution in [2.24, 2.45) is 5.92 Å². The molecule has 0 spiro atoms. The number of imidazole rings is 1. The van der Waals surface area contributed by atoms with Crippen molar-refractivity contribution in [3.8, 4) is 0 Å². The van der Waals surface area contributed by atoms with Crippen molar-refractivity contribution >= 4 is 0 Å². The van der Waals surface area contributed by atoms with Crippen LogP contribution in [0.2, 0.25) is 0 Å². The van der Waals surface area contributed by atoms with Crippen LogP contribution in [-0.2, 0) is 6.54 Å². The molecule has 2 rings (SSSR count). The van der Waals surface area contributed by atoms with E-state index in [-0.39, 0.29) is 0 Å². The molecule has 0 N–H and O–H groups in total. The fraction of sp³-hybridized carbons (Fsp3) is 0.727. The third-order valence-electron chi connectivity index (χ3n) is 3.16. The summed E-state index contributed by atoms with van der Waals surface area (Å²) in [6, 6.07) is 0. The Hall–Kier alpha value is -0.790. The Morgan fingerprint density at radius 3 is 2.92 bits per heavy atom. The number of nitrogens with zero attached hydrogens (tertiary/aromatic N) is 2. The van der Waals surface area contributed by atoms with Crippen LogP contribution in [-0.4, -0.2) is 9.55 Å². The van der Waals surface area contributed by atoms with Crippen LogP contribution in [0.25, 0.3) is 0 Å². The van der Waals surface area contributed by atoms with Crippen molar-refractivity contribution in [1.82, 2.24) is 9.55 Å². The molecule has 0 amide bonds. The molecule has 13 heavy (non-hydrogen) atoms. The summed E-state index contributed by atoms with van der Waals surface area (Å²) in [5.74, 6) is 2.19. The molecule has 0 atom stereocenters. The Bertz CT molecular complexity index is 261. The molecule has 1 aromatic heterocycles. The molecule has 0 aliphatic heterocycles. The topological polar surface area (TPSA) is 17.8 Å². The average Bonchev–Trinajstić information content (AvgIpc) is 2.42. The van der Waals surface area contributed by atoms with E-state index in [1.807, 2.05) is 6.20 Å². The van der Waals surface area contributed by atoms with E-state index in [1.54, 1.807) is 0 Å². The van der Waals surface area contributed by atoms with Crippen molar-refractivity contribution in [1.29, 1.82) is 0 Å². The molecule has 1 aromatic rings. The maximum absolute atomic E-state index is 4.21. The normalized spacial score (nSPS) is 17.3. The summed E-state index contributed by atoms with van der Waals surface area (Å²) in [6.45, 7) is 3.23. The maximum atomic E-state index is 4.21. The molecule has 0 saturated heterocycles. The third kappa shape index (κ3) is 2.11. The molecule has 72 valence electrons. The number of rotatable bonds is 4. The fourth-order valence-corrected chi connectivity index (χ4v) is 1.97.